The number of hydrogen-bond acceptors (Lipinski definition) is 3. The first-order valence-electron chi connectivity index (χ1n) is 6.64. The molecular weight excluding hydrogens is 304 g/mol. The number of carbonyl (C=O) groups excluding carboxylic acids is 1. The summed E-state index contributed by atoms with van der Waals surface area (Å²) in [5.41, 5.74) is 1.45. The monoisotopic (exact) mass is 318 g/mol. The van der Waals surface area contributed by atoms with Crippen molar-refractivity contribution in [1.29, 1.82) is 0 Å². The molecule has 0 unspecified atom stereocenters. The van der Waals surface area contributed by atoms with E-state index in [0.29, 0.717) is 22.7 Å². The number of rotatable bonds is 4. The molecule has 6 heteroatoms. The predicted octanol–water partition coefficient (Wildman–Crippen LogP) is 3.83. The molecule has 0 heterocycles. The number of amides is 1. The zero-order valence-electron chi connectivity index (χ0n) is 12.2. The van der Waals surface area contributed by atoms with Crippen LogP contribution in [0.5, 0.6) is 0 Å². The second-order valence-electron chi connectivity index (χ2n) is 4.96. The summed E-state index contributed by atoms with van der Waals surface area (Å²) >= 11 is 6.09. The van der Waals surface area contributed by atoms with E-state index in [1.807, 2.05) is 18.2 Å². The molecule has 0 N–H and O–H groups in total. The van der Waals surface area contributed by atoms with Crippen LogP contribution in [0.4, 0.5) is 5.69 Å². The summed E-state index contributed by atoms with van der Waals surface area (Å²) in [6.07, 6.45) is 0. The number of carbonyl (C=O) groups is 1. The molecule has 22 heavy (non-hydrogen) atoms. The molecule has 114 valence electrons. The SMILES string of the molecule is Cc1c(C(=O)N(C)Cc2ccccc2Cl)cccc1[N+](=O)[O-]. The normalized spacial score (nSPS) is 10.3. The Kier molecular flexibility index (Phi) is 4.78. The molecule has 5 nitrogen and oxygen atoms in total. The molecule has 0 aliphatic rings. The highest BCUT2D eigenvalue weighted by Gasteiger charge is 2.20. The fraction of sp³-hybridized carbons (Fsp3) is 0.188. The molecule has 1 amide bonds. The minimum atomic E-state index is -0.486. The van der Waals surface area contributed by atoms with Crippen LogP contribution < -0.4 is 0 Å². The molecule has 0 bridgehead atoms. The van der Waals surface area contributed by atoms with E-state index in [1.165, 1.54) is 17.0 Å². The third kappa shape index (κ3) is 3.26. The van der Waals surface area contributed by atoms with Crippen molar-refractivity contribution in [2.75, 3.05) is 7.05 Å². The van der Waals surface area contributed by atoms with E-state index < -0.39 is 4.92 Å². The predicted molar refractivity (Wildman–Crippen MR) is 85.1 cm³/mol. The summed E-state index contributed by atoms with van der Waals surface area (Å²) in [6, 6.07) is 11.8. The minimum Gasteiger partial charge on any atom is -0.337 e. The Morgan fingerprint density at radius 3 is 2.55 bits per heavy atom. The van der Waals surface area contributed by atoms with Crippen molar-refractivity contribution in [3.63, 3.8) is 0 Å². The van der Waals surface area contributed by atoms with E-state index in [-0.39, 0.29) is 11.6 Å². The van der Waals surface area contributed by atoms with Crippen molar-refractivity contribution < 1.29 is 9.72 Å². The van der Waals surface area contributed by atoms with E-state index in [0.717, 1.165) is 5.56 Å². The Bertz CT molecular complexity index is 731. The first-order chi connectivity index (χ1) is 10.4. The maximum Gasteiger partial charge on any atom is 0.273 e. The fourth-order valence-corrected chi connectivity index (χ4v) is 2.41. The van der Waals surface area contributed by atoms with Gasteiger partial charge in [-0.05, 0) is 24.6 Å². The summed E-state index contributed by atoms with van der Waals surface area (Å²) in [6.45, 7) is 1.91. The van der Waals surface area contributed by atoms with Crippen LogP contribution in [0.1, 0.15) is 21.5 Å². The Hall–Kier alpha value is -2.40. The van der Waals surface area contributed by atoms with Crippen molar-refractivity contribution in [3.8, 4) is 0 Å². The number of halogens is 1. The van der Waals surface area contributed by atoms with Crippen LogP contribution >= 0.6 is 11.6 Å². The summed E-state index contributed by atoms with van der Waals surface area (Å²) < 4.78 is 0. The molecule has 0 fully saturated rings. The molecule has 0 saturated heterocycles. The van der Waals surface area contributed by atoms with Gasteiger partial charge in [0.1, 0.15) is 0 Å². The Balaban J connectivity index is 2.27. The third-order valence-electron chi connectivity index (χ3n) is 3.44. The smallest absolute Gasteiger partial charge is 0.273 e. The van der Waals surface area contributed by atoms with Crippen molar-refractivity contribution in [1.82, 2.24) is 4.90 Å². The minimum absolute atomic E-state index is 0.0583. The zero-order chi connectivity index (χ0) is 16.3. The largest absolute Gasteiger partial charge is 0.337 e. The number of benzene rings is 2. The highest BCUT2D eigenvalue weighted by Crippen LogP contribution is 2.23. The van der Waals surface area contributed by atoms with E-state index >= 15 is 0 Å². The number of nitro groups is 1. The van der Waals surface area contributed by atoms with E-state index in [4.69, 9.17) is 11.6 Å². The molecule has 0 aromatic heterocycles. The summed E-state index contributed by atoms with van der Waals surface area (Å²) in [7, 11) is 1.64. The van der Waals surface area contributed by atoms with Gasteiger partial charge in [-0.3, -0.25) is 14.9 Å². The Morgan fingerprint density at radius 2 is 1.91 bits per heavy atom. The maximum atomic E-state index is 12.5. The van der Waals surface area contributed by atoms with Crippen LogP contribution in [0.2, 0.25) is 5.02 Å². The molecule has 0 radical (unpaired) electrons. The lowest BCUT2D eigenvalue weighted by Gasteiger charge is -2.19. The molecule has 0 saturated carbocycles. The number of hydrogen-bond donors (Lipinski definition) is 0. The topological polar surface area (TPSA) is 63.5 Å². The molecule has 0 aliphatic carbocycles. The van der Waals surface area contributed by atoms with Crippen LogP contribution in [0, 0.1) is 17.0 Å². The molecule has 0 aliphatic heterocycles. The van der Waals surface area contributed by atoms with Gasteiger partial charge in [-0.2, -0.15) is 0 Å². The van der Waals surface area contributed by atoms with Crippen molar-refractivity contribution >= 4 is 23.2 Å². The van der Waals surface area contributed by atoms with E-state index in [1.54, 1.807) is 26.1 Å². The standard InChI is InChI=1S/C16H15ClN2O3/c1-11-13(7-5-9-15(11)19(21)22)16(20)18(2)10-12-6-3-4-8-14(12)17/h3-9H,10H2,1-2H3. The van der Waals surface area contributed by atoms with Gasteiger partial charge in [0, 0.05) is 35.8 Å². The third-order valence-corrected chi connectivity index (χ3v) is 3.81. The summed E-state index contributed by atoms with van der Waals surface area (Å²) in [4.78, 5) is 24.5. The van der Waals surface area contributed by atoms with Crippen molar-refractivity contribution in [3.05, 3.63) is 74.3 Å². The highest BCUT2D eigenvalue weighted by atomic mass is 35.5. The van der Waals surface area contributed by atoms with Crippen molar-refractivity contribution in [2.24, 2.45) is 0 Å². The van der Waals surface area contributed by atoms with Crippen molar-refractivity contribution in [2.45, 2.75) is 13.5 Å². The molecule has 0 atom stereocenters. The molecule has 2 rings (SSSR count). The first-order valence-corrected chi connectivity index (χ1v) is 7.02. The van der Waals surface area contributed by atoms with E-state index in [9.17, 15) is 14.9 Å². The Morgan fingerprint density at radius 1 is 1.23 bits per heavy atom. The molecule has 2 aromatic rings. The molecular formula is C16H15ClN2O3. The van der Waals surface area contributed by atoms with E-state index in [2.05, 4.69) is 0 Å². The summed E-state index contributed by atoms with van der Waals surface area (Å²) in [5.74, 6) is -0.277. The van der Waals surface area contributed by atoms with Gasteiger partial charge in [-0.15, -0.1) is 0 Å². The lowest BCUT2D eigenvalue weighted by molar-refractivity contribution is -0.385. The van der Waals surface area contributed by atoms with Gasteiger partial charge in [0.25, 0.3) is 11.6 Å². The maximum absolute atomic E-state index is 12.5. The second kappa shape index (κ2) is 6.58. The van der Waals surface area contributed by atoms with Gasteiger partial charge in [-0.25, -0.2) is 0 Å². The number of nitro benzene ring substituents is 1. The lowest BCUT2D eigenvalue weighted by Crippen LogP contribution is -2.27. The molecule has 2 aromatic carbocycles. The van der Waals surface area contributed by atoms with Gasteiger partial charge in [0.15, 0.2) is 0 Å². The van der Waals surface area contributed by atoms with Gasteiger partial charge >= 0.3 is 0 Å². The number of nitrogens with zero attached hydrogens (tertiary/aromatic N) is 2. The van der Waals surface area contributed by atoms with Gasteiger partial charge in [0.05, 0.1) is 4.92 Å². The van der Waals surface area contributed by atoms with Gasteiger partial charge < -0.3 is 4.90 Å². The average Bonchev–Trinajstić information content (AvgIpc) is 2.48. The van der Waals surface area contributed by atoms with Crippen LogP contribution in [-0.4, -0.2) is 22.8 Å². The van der Waals surface area contributed by atoms with Gasteiger partial charge in [0.2, 0.25) is 0 Å². The van der Waals surface area contributed by atoms with Crippen LogP contribution in [0.3, 0.4) is 0 Å². The molecule has 0 spiro atoms. The second-order valence-corrected chi connectivity index (χ2v) is 5.37. The van der Waals surface area contributed by atoms with Crippen LogP contribution in [0.15, 0.2) is 42.5 Å². The zero-order valence-corrected chi connectivity index (χ0v) is 13.0. The van der Waals surface area contributed by atoms with Gasteiger partial charge in [-0.1, -0.05) is 35.9 Å². The first kappa shape index (κ1) is 16.0. The quantitative estimate of drug-likeness (QED) is 0.635. The lowest BCUT2D eigenvalue weighted by atomic mass is 10.1. The fourth-order valence-electron chi connectivity index (χ4n) is 2.21. The summed E-state index contributed by atoms with van der Waals surface area (Å²) in [5, 5.41) is 11.5. The van der Waals surface area contributed by atoms with Crippen LogP contribution in [-0.2, 0) is 6.54 Å². The Labute approximate surface area is 133 Å². The van der Waals surface area contributed by atoms with Crippen LogP contribution in [0.25, 0.3) is 0 Å². The highest BCUT2D eigenvalue weighted by molar-refractivity contribution is 6.31. The average molecular weight is 319 g/mol.